The van der Waals surface area contributed by atoms with Gasteiger partial charge in [-0.15, -0.1) is 0 Å². The molecule has 0 heterocycles. The van der Waals surface area contributed by atoms with Gasteiger partial charge in [0.05, 0.1) is 30.9 Å². The Labute approximate surface area is 117 Å². The molecule has 0 saturated carbocycles. The van der Waals surface area contributed by atoms with Crippen molar-refractivity contribution >= 4 is 28.5 Å². The number of ether oxygens (including phenoxy) is 2. The second kappa shape index (κ2) is 12.5. The molecule has 0 unspecified atom stereocenters. The van der Waals surface area contributed by atoms with E-state index in [0.29, 0.717) is 43.4 Å². The van der Waals surface area contributed by atoms with Crippen molar-refractivity contribution in [1.29, 1.82) is 0 Å². The highest BCUT2D eigenvalue weighted by atomic mass is 127. The number of amides is 1. The minimum Gasteiger partial charge on any atom is -0.378 e. The van der Waals surface area contributed by atoms with Crippen LogP contribution in [-0.2, 0) is 14.3 Å². The van der Waals surface area contributed by atoms with Crippen molar-refractivity contribution in [3.8, 4) is 0 Å². The third kappa shape index (κ3) is 14.0. The van der Waals surface area contributed by atoms with Gasteiger partial charge in [0.1, 0.15) is 0 Å². The third-order valence-electron chi connectivity index (χ3n) is 1.86. The summed E-state index contributed by atoms with van der Waals surface area (Å²) in [7, 11) is 0. The van der Waals surface area contributed by atoms with E-state index >= 15 is 0 Å². The molecular formula is C11H23IN2O3. The minimum absolute atomic E-state index is 0.0465. The largest absolute Gasteiger partial charge is 0.378 e. The fourth-order valence-corrected chi connectivity index (χ4v) is 1.32. The molecule has 1 amide bonds. The number of hydrogen-bond donors (Lipinski definition) is 2. The molecule has 0 fully saturated rings. The molecule has 0 bridgehead atoms. The Morgan fingerprint density at radius 3 is 2.24 bits per heavy atom. The van der Waals surface area contributed by atoms with Crippen LogP contribution < -0.4 is 10.6 Å². The Hall–Kier alpha value is 0.0800. The summed E-state index contributed by atoms with van der Waals surface area (Å²) in [6, 6.07) is 0.497. The molecule has 0 saturated heterocycles. The van der Waals surface area contributed by atoms with E-state index in [-0.39, 0.29) is 5.91 Å². The summed E-state index contributed by atoms with van der Waals surface area (Å²) in [6.45, 7) is 8.05. The van der Waals surface area contributed by atoms with Gasteiger partial charge in [-0.3, -0.25) is 4.79 Å². The molecule has 0 aromatic carbocycles. The van der Waals surface area contributed by atoms with Gasteiger partial charge in [0.15, 0.2) is 0 Å². The van der Waals surface area contributed by atoms with Gasteiger partial charge in [-0.05, 0) is 0 Å². The van der Waals surface area contributed by atoms with Crippen LogP contribution in [0.1, 0.15) is 13.8 Å². The molecule has 17 heavy (non-hydrogen) atoms. The fourth-order valence-electron chi connectivity index (χ4n) is 1.05. The molecule has 0 spiro atoms. The molecule has 0 aliphatic rings. The third-order valence-corrected chi connectivity index (χ3v) is 2.55. The molecule has 0 aliphatic heterocycles. The summed E-state index contributed by atoms with van der Waals surface area (Å²) in [5.74, 6) is 0.0465. The van der Waals surface area contributed by atoms with Gasteiger partial charge < -0.3 is 20.1 Å². The Morgan fingerprint density at radius 2 is 1.71 bits per heavy atom. The van der Waals surface area contributed by atoms with Crippen molar-refractivity contribution in [1.82, 2.24) is 10.6 Å². The van der Waals surface area contributed by atoms with Crippen LogP contribution in [0.5, 0.6) is 0 Å². The Balaban J connectivity index is 3.01. The lowest BCUT2D eigenvalue weighted by Crippen LogP contribution is -2.28. The first kappa shape index (κ1) is 17.1. The quantitative estimate of drug-likeness (QED) is 0.322. The van der Waals surface area contributed by atoms with Crippen LogP contribution in [0, 0.1) is 0 Å². The molecular weight excluding hydrogens is 335 g/mol. The zero-order chi connectivity index (χ0) is 12.9. The molecule has 0 aromatic heterocycles. The van der Waals surface area contributed by atoms with Crippen molar-refractivity contribution < 1.29 is 14.3 Å². The summed E-state index contributed by atoms with van der Waals surface area (Å²) in [6.07, 6.45) is 0. The summed E-state index contributed by atoms with van der Waals surface area (Å²) >= 11 is 2.03. The molecule has 2 N–H and O–H groups in total. The lowest BCUT2D eigenvalue weighted by atomic mass is 10.4. The minimum atomic E-state index is 0.0465. The number of rotatable bonds is 11. The van der Waals surface area contributed by atoms with Gasteiger partial charge in [0.2, 0.25) is 5.91 Å². The van der Waals surface area contributed by atoms with Gasteiger partial charge in [0.25, 0.3) is 0 Å². The van der Waals surface area contributed by atoms with E-state index in [9.17, 15) is 4.79 Å². The van der Waals surface area contributed by atoms with E-state index in [2.05, 4.69) is 24.5 Å². The van der Waals surface area contributed by atoms with E-state index in [0.717, 1.165) is 6.54 Å². The first-order valence-electron chi connectivity index (χ1n) is 5.88. The van der Waals surface area contributed by atoms with Crippen LogP contribution in [0.4, 0.5) is 0 Å². The standard InChI is InChI=1S/C11H23IN2O3/c1-10(2)13-3-5-16-7-8-17-6-4-14-11(15)9-12/h10,13H,3-9H2,1-2H3,(H,14,15). The van der Waals surface area contributed by atoms with Crippen LogP contribution in [-0.4, -0.2) is 55.9 Å². The summed E-state index contributed by atoms with van der Waals surface area (Å²) in [5.41, 5.74) is 0. The highest BCUT2D eigenvalue weighted by molar-refractivity contribution is 14.1. The molecule has 6 heteroatoms. The van der Waals surface area contributed by atoms with Crippen molar-refractivity contribution in [2.24, 2.45) is 0 Å². The number of carbonyl (C=O) groups excluding carboxylic acids is 1. The maximum absolute atomic E-state index is 10.9. The van der Waals surface area contributed by atoms with E-state index in [4.69, 9.17) is 9.47 Å². The number of carbonyl (C=O) groups is 1. The van der Waals surface area contributed by atoms with Crippen molar-refractivity contribution in [2.45, 2.75) is 19.9 Å². The van der Waals surface area contributed by atoms with E-state index in [1.807, 2.05) is 22.6 Å². The summed E-state index contributed by atoms with van der Waals surface area (Å²) < 4.78 is 11.1. The molecule has 0 atom stereocenters. The van der Waals surface area contributed by atoms with Gasteiger partial charge in [-0.2, -0.15) is 0 Å². The second-order valence-electron chi connectivity index (χ2n) is 3.82. The number of hydrogen-bond acceptors (Lipinski definition) is 4. The molecule has 102 valence electrons. The van der Waals surface area contributed by atoms with Crippen molar-refractivity contribution in [2.75, 3.05) is 43.9 Å². The first-order chi connectivity index (χ1) is 8.16. The maximum atomic E-state index is 10.9. The fraction of sp³-hybridized carbons (Fsp3) is 0.909. The summed E-state index contributed by atoms with van der Waals surface area (Å²) in [5, 5.41) is 6.00. The number of nitrogens with one attached hydrogen (secondary N) is 2. The Kier molecular flexibility index (Phi) is 12.6. The smallest absolute Gasteiger partial charge is 0.229 e. The van der Waals surface area contributed by atoms with Gasteiger partial charge in [0, 0.05) is 19.1 Å². The molecule has 0 radical (unpaired) electrons. The zero-order valence-electron chi connectivity index (χ0n) is 10.6. The highest BCUT2D eigenvalue weighted by Crippen LogP contribution is 1.81. The first-order valence-corrected chi connectivity index (χ1v) is 7.41. The van der Waals surface area contributed by atoms with Crippen molar-refractivity contribution in [3.05, 3.63) is 0 Å². The summed E-state index contributed by atoms with van der Waals surface area (Å²) in [4.78, 5) is 10.9. The van der Waals surface area contributed by atoms with E-state index in [1.54, 1.807) is 0 Å². The average molecular weight is 358 g/mol. The Bertz CT molecular complexity index is 192. The SMILES string of the molecule is CC(C)NCCOCCOCCNC(=O)CI. The Morgan fingerprint density at radius 1 is 1.12 bits per heavy atom. The monoisotopic (exact) mass is 358 g/mol. The zero-order valence-corrected chi connectivity index (χ0v) is 12.8. The average Bonchev–Trinajstić information content (AvgIpc) is 2.30. The highest BCUT2D eigenvalue weighted by Gasteiger charge is 1.96. The van der Waals surface area contributed by atoms with Gasteiger partial charge in [-0.25, -0.2) is 0 Å². The maximum Gasteiger partial charge on any atom is 0.229 e. The topological polar surface area (TPSA) is 59.6 Å². The molecule has 0 aliphatic carbocycles. The second-order valence-corrected chi connectivity index (χ2v) is 4.58. The van der Waals surface area contributed by atoms with Crippen LogP contribution in [0.25, 0.3) is 0 Å². The van der Waals surface area contributed by atoms with Crippen LogP contribution in [0.2, 0.25) is 0 Å². The predicted molar refractivity (Wildman–Crippen MR) is 76.7 cm³/mol. The van der Waals surface area contributed by atoms with Gasteiger partial charge >= 0.3 is 0 Å². The van der Waals surface area contributed by atoms with Crippen LogP contribution in [0.15, 0.2) is 0 Å². The molecule has 0 rings (SSSR count). The lowest BCUT2D eigenvalue weighted by Gasteiger charge is -2.09. The van der Waals surface area contributed by atoms with E-state index in [1.165, 1.54) is 0 Å². The van der Waals surface area contributed by atoms with Crippen LogP contribution in [0.3, 0.4) is 0 Å². The predicted octanol–water partition coefficient (Wildman–Crippen LogP) is 0.569. The van der Waals surface area contributed by atoms with E-state index < -0.39 is 0 Å². The lowest BCUT2D eigenvalue weighted by molar-refractivity contribution is -0.118. The molecule has 0 aromatic rings. The van der Waals surface area contributed by atoms with Crippen LogP contribution >= 0.6 is 22.6 Å². The number of alkyl halides is 1. The van der Waals surface area contributed by atoms with Gasteiger partial charge in [-0.1, -0.05) is 36.4 Å². The molecule has 5 nitrogen and oxygen atoms in total. The van der Waals surface area contributed by atoms with Crippen molar-refractivity contribution in [3.63, 3.8) is 0 Å². The normalized spacial score (nSPS) is 10.8. The number of halogens is 1.